The minimum Gasteiger partial charge on any atom is -0.379 e. The molecule has 0 unspecified atom stereocenters. The number of nitrogens with two attached hydrogens (primary N) is 1. The van der Waals surface area contributed by atoms with Crippen molar-refractivity contribution in [3.63, 3.8) is 0 Å². The number of aromatic nitrogens is 2. The Bertz CT molecular complexity index is 685. The largest absolute Gasteiger partial charge is 0.379 e. The highest BCUT2D eigenvalue weighted by molar-refractivity contribution is 5.96. The zero-order valence-corrected chi connectivity index (χ0v) is 10.9. The van der Waals surface area contributed by atoms with Gasteiger partial charge in [0.25, 0.3) is 5.91 Å². The molecule has 1 amide bonds. The maximum Gasteiger partial charge on any atom is 0.280 e. The minimum absolute atomic E-state index is 0.00180. The molecule has 2 N–H and O–H groups in total. The van der Waals surface area contributed by atoms with Gasteiger partial charge in [0.15, 0.2) is 0 Å². The number of hydrogen-bond donors (Lipinski definition) is 1. The third-order valence-electron chi connectivity index (χ3n) is 3.32. The van der Waals surface area contributed by atoms with E-state index in [0.717, 1.165) is 25.0 Å². The van der Waals surface area contributed by atoms with Crippen molar-refractivity contribution >= 4 is 11.7 Å². The van der Waals surface area contributed by atoms with Crippen molar-refractivity contribution in [2.45, 2.75) is 25.4 Å². The molecule has 8 heteroatoms. The Morgan fingerprint density at radius 1 is 1.38 bits per heavy atom. The van der Waals surface area contributed by atoms with E-state index in [1.165, 1.54) is 11.0 Å². The summed E-state index contributed by atoms with van der Waals surface area (Å²) in [5.41, 5.74) is 5.64. The number of anilines is 1. The summed E-state index contributed by atoms with van der Waals surface area (Å²) in [6.45, 7) is 0.0158. The number of nitrogen functional groups attached to an aromatic ring is 1. The number of nitrogens with zero attached hydrogens (tertiary/aromatic N) is 3. The van der Waals surface area contributed by atoms with Crippen LogP contribution in [0.4, 0.5) is 14.6 Å². The molecular formula is C13H12F2N4O2. The second-order valence-corrected chi connectivity index (χ2v) is 4.90. The average Bonchev–Trinajstić information content (AvgIpc) is 3.19. The van der Waals surface area contributed by atoms with Crippen molar-refractivity contribution in [2.75, 3.05) is 5.73 Å². The molecule has 0 radical (unpaired) electrons. The Morgan fingerprint density at radius 2 is 2.14 bits per heavy atom. The Balaban J connectivity index is 1.85. The Hall–Kier alpha value is -2.51. The molecule has 0 saturated heterocycles. The van der Waals surface area contributed by atoms with Gasteiger partial charge in [0, 0.05) is 24.2 Å². The Kier molecular flexibility index (Phi) is 3.28. The van der Waals surface area contributed by atoms with Gasteiger partial charge in [-0.3, -0.25) is 4.79 Å². The molecule has 0 spiro atoms. The van der Waals surface area contributed by atoms with E-state index in [1.54, 1.807) is 0 Å². The fourth-order valence-corrected chi connectivity index (χ4v) is 2.07. The van der Waals surface area contributed by atoms with Gasteiger partial charge >= 0.3 is 0 Å². The number of amides is 1. The molecule has 6 nitrogen and oxygen atoms in total. The van der Waals surface area contributed by atoms with E-state index >= 15 is 0 Å². The minimum atomic E-state index is -0.695. The fraction of sp³-hybridized carbons (Fsp3) is 0.308. The van der Waals surface area contributed by atoms with Gasteiger partial charge in [-0.05, 0) is 29.2 Å². The highest BCUT2D eigenvalue weighted by atomic mass is 19.1. The molecule has 110 valence electrons. The van der Waals surface area contributed by atoms with Crippen LogP contribution in [-0.4, -0.2) is 27.2 Å². The molecule has 1 aliphatic carbocycles. The lowest BCUT2D eigenvalue weighted by Gasteiger charge is -2.21. The summed E-state index contributed by atoms with van der Waals surface area (Å²) in [5.74, 6) is -1.93. The first-order valence-electron chi connectivity index (χ1n) is 6.39. The van der Waals surface area contributed by atoms with Crippen LogP contribution in [0.3, 0.4) is 0 Å². The highest BCUT2D eigenvalue weighted by Crippen LogP contribution is 2.30. The summed E-state index contributed by atoms with van der Waals surface area (Å²) >= 11 is 0. The SMILES string of the molecule is Nc1nonc1C(=O)N(Cc1ccc(F)cc1F)C1CC1. The van der Waals surface area contributed by atoms with Crippen molar-refractivity contribution in [1.29, 1.82) is 0 Å². The van der Waals surface area contributed by atoms with Crippen LogP contribution < -0.4 is 5.73 Å². The number of halogens is 2. The lowest BCUT2D eigenvalue weighted by atomic mass is 10.2. The van der Waals surface area contributed by atoms with E-state index in [9.17, 15) is 13.6 Å². The van der Waals surface area contributed by atoms with Crippen LogP contribution in [0.15, 0.2) is 22.8 Å². The van der Waals surface area contributed by atoms with Crippen molar-refractivity contribution in [3.05, 3.63) is 41.1 Å². The molecule has 0 bridgehead atoms. The van der Waals surface area contributed by atoms with E-state index in [0.29, 0.717) is 0 Å². The summed E-state index contributed by atoms with van der Waals surface area (Å²) in [7, 11) is 0. The summed E-state index contributed by atoms with van der Waals surface area (Å²) < 4.78 is 31.1. The van der Waals surface area contributed by atoms with Gasteiger partial charge in [-0.25, -0.2) is 13.4 Å². The maximum atomic E-state index is 13.7. The van der Waals surface area contributed by atoms with Crippen molar-refractivity contribution in [2.24, 2.45) is 0 Å². The van der Waals surface area contributed by atoms with E-state index in [2.05, 4.69) is 14.9 Å². The standard InChI is InChI=1S/C13H12F2N4O2/c14-8-2-1-7(10(15)5-8)6-19(9-3-4-9)13(20)11-12(16)18-21-17-11/h1-2,5,9H,3-4,6H2,(H2,16,18). The topological polar surface area (TPSA) is 85.2 Å². The Morgan fingerprint density at radius 3 is 2.71 bits per heavy atom. The van der Waals surface area contributed by atoms with Gasteiger partial charge in [0.2, 0.25) is 11.5 Å². The van der Waals surface area contributed by atoms with Gasteiger partial charge in [-0.15, -0.1) is 0 Å². The van der Waals surface area contributed by atoms with Gasteiger partial charge in [0.1, 0.15) is 11.6 Å². The van der Waals surface area contributed by atoms with Crippen LogP contribution in [0.5, 0.6) is 0 Å². The average molecular weight is 294 g/mol. The quantitative estimate of drug-likeness (QED) is 0.928. The van der Waals surface area contributed by atoms with Gasteiger partial charge in [-0.1, -0.05) is 6.07 Å². The lowest BCUT2D eigenvalue weighted by Crippen LogP contribution is -2.33. The van der Waals surface area contributed by atoms with Crippen molar-refractivity contribution in [3.8, 4) is 0 Å². The third-order valence-corrected chi connectivity index (χ3v) is 3.32. The first kappa shape index (κ1) is 13.5. The van der Waals surface area contributed by atoms with E-state index in [1.807, 2.05) is 0 Å². The lowest BCUT2D eigenvalue weighted by molar-refractivity contribution is 0.0717. The van der Waals surface area contributed by atoms with Crippen LogP contribution in [0.2, 0.25) is 0 Å². The molecule has 2 aromatic rings. The molecular weight excluding hydrogens is 282 g/mol. The fourth-order valence-electron chi connectivity index (χ4n) is 2.07. The second-order valence-electron chi connectivity index (χ2n) is 4.90. The normalized spacial score (nSPS) is 14.2. The number of carbonyl (C=O) groups is 1. The Labute approximate surface area is 118 Å². The third kappa shape index (κ3) is 2.69. The number of carbonyl (C=O) groups excluding carboxylic acids is 1. The molecule has 1 aromatic carbocycles. The van der Waals surface area contributed by atoms with Gasteiger partial charge < -0.3 is 10.6 Å². The number of hydrogen-bond acceptors (Lipinski definition) is 5. The van der Waals surface area contributed by atoms with Gasteiger partial charge in [-0.2, -0.15) is 0 Å². The van der Waals surface area contributed by atoms with Crippen molar-refractivity contribution < 1.29 is 18.2 Å². The highest BCUT2D eigenvalue weighted by Gasteiger charge is 2.35. The van der Waals surface area contributed by atoms with Crippen LogP contribution in [0.25, 0.3) is 0 Å². The molecule has 1 heterocycles. The number of benzene rings is 1. The molecule has 3 rings (SSSR count). The first-order valence-corrected chi connectivity index (χ1v) is 6.39. The maximum absolute atomic E-state index is 13.7. The monoisotopic (exact) mass is 294 g/mol. The molecule has 1 saturated carbocycles. The predicted molar refractivity (Wildman–Crippen MR) is 68.0 cm³/mol. The summed E-state index contributed by atoms with van der Waals surface area (Å²) in [5, 5.41) is 6.83. The van der Waals surface area contributed by atoms with E-state index in [4.69, 9.17) is 5.73 Å². The molecule has 0 aliphatic heterocycles. The first-order chi connectivity index (χ1) is 10.1. The summed E-state index contributed by atoms with van der Waals surface area (Å²) in [4.78, 5) is 13.8. The van der Waals surface area contributed by atoms with Crippen LogP contribution in [0, 0.1) is 11.6 Å². The summed E-state index contributed by atoms with van der Waals surface area (Å²) in [6, 6.07) is 3.26. The number of rotatable bonds is 4. The molecule has 1 fully saturated rings. The van der Waals surface area contributed by atoms with Gasteiger partial charge in [0.05, 0.1) is 0 Å². The van der Waals surface area contributed by atoms with Crippen LogP contribution in [-0.2, 0) is 6.54 Å². The molecule has 0 atom stereocenters. The second kappa shape index (κ2) is 5.12. The molecule has 1 aromatic heterocycles. The zero-order chi connectivity index (χ0) is 15.0. The predicted octanol–water partition coefficient (Wildman–Crippen LogP) is 1.73. The zero-order valence-electron chi connectivity index (χ0n) is 10.9. The smallest absolute Gasteiger partial charge is 0.280 e. The van der Waals surface area contributed by atoms with Crippen LogP contribution >= 0.6 is 0 Å². The molecule has 21 heavy (non-hydrogen) atoms. The van der Waals surface area contributed by atoms with E-state index in [-0.39, 0.29) is 29.7 Å². The molecule has 1 aliphatic rings. The van der Waals surface area contributed by atoms with Crippen LogP contribution in [0.1, 0.15) is 28.9 Å². The van der Waals surface area contributed by atoms with E-state index < -0.39 is 17.5 Å². The van der Waals surface area contributed by atoms with Crippen molar-refractivity contribution in [1.82, 2.24) is 15.2 Å². The summed E-state index contributed by atoms with van der Waals surface area (Å²) in [6.07, 6.45) is 1.64.